The lowest BCUT2D eigenvalue weighted by molar-refractivity contribution is -0.131. The number of alkyl carbamates (subject to hydrolysis) is 1. The number of carbonyl (C=O) groups is 4. The molecule has 4 amide bonds. The molecule has 45 heavy (non-hydrogen) atoms. The van der Waals surface area contributed by atoms with E-state index in [1.807, 2.05) is 48.5 Å². The maximum atomic E-state index is 12.8. The number of hydrazine groups is 1. The Morgan fingerprint density at radius 1 is 0.756 bits per heavy atom. The maximum Gasteiger partial charge on any atom is 0.408 e. The van der Waals surface area contributed by atoms with Crippen molar-refractivity contribution in [1.29, 1.82) is 0 Å². The molecule has 0 saturated heterocycles. The van der Waals surface area contributed by atoms with E-state index in [0.717, 1.165) is 32.7 Å². The van der Waals surface area contributed by atoms with Crippen molar-refractivity contribution < 1.29 is 29.0 Å². The van der Waals surface area contributed by atoms with Crippen LogP contribution in [0.15, 0.2) is 97.1 Å². The number of nitrogens with zero attached hydrogens (tertiary/aromatic N) is 1. The summed E-state index contributed by atoms with van der Waals surface area (Å²) >= 11 is 0. The second-order valence-corrected chi connectivity index (χ2v) is 11.1. The van der Waals surface area contributed by atoms with Crippen LogP contribution < -0.4 is 16.2 Å². The zero-order valence-corrected chi connectivity index (χ0v) is 24.4. The van der Waals surface area contributed by atoms with Crippen LogP contribution in [-0.2, 0) is 40.3 Å². The topological polar surface area (TPSA) is 137 Å². The number of rotatable bonds is 7. The van der Waals surface area contributed by atoms with E-state index in [4.69, 9.17) is 4.74 Å². The smallest absolute Gasteiger partial charge is 0.408 e. The van der Waals surface area contributed by atoms with Crippen molar-refractivity contribution in [3.8, 4) is 11.1 Å². The molecule has 0 fully saturated rings. The summed E-state index contributed by atoms with van der Waals surface area (Å²) in [5.41, 5.74) is 12.7. The Labute approximate surface area is 260 Å². The van der Waals surface area contributed by atoms with E-state index in [1.54, 1.807) is 24.3 Å². The highest BCUT2D eigenvalue weighted by molar-refractivity contribution is 5.88. The van der Waals surface area contributed by atoms with Crippen LogP contribution >= 0.6 is 0 Å². The Morgan fingerprint density at radius 2 is 1.36 bits per heavy atom. The molecule has 1 atom stereocenters. The SMILES string of the molecule is O=C(Cc1ccc(CNC(=O)OCC2c3ccccc3-c3ccccc32)cc1)NNC(=O)[C@H]1Cc2ccccc2CN1C(=O)O. The van der Waals surface area contributed by atoms with E-state index in [0.29, 0.717) is 5.56 Å². The first kappa shape index (κ1) is 29.4. The number of hydrogen-bond acceptors (Lipinski definition) is 5. The van der Waals surface area contributed by atoms with Crippen LogP contribution in [0.25, 0.3) is 11.1 Å². The van der Waals surface area contributed by atoms with Gasteiger partial charge in [0.1, 0.15) is 12.6 Å². The molecule has 228 valence electrons. The Balaban J connectivity index is 0.953. The summed E-state index contributed by atoms with van der Waals surface area (Å²) < 4.78 is 5.59. The summed E-state index contributed by atoms with van der Waals surface area (Å²) in [5, 5.41) is 12.4. The third kappa shape index (κ3) is 6.50. The molecule has 0 aromatic heterocycles. The highest BCUT2D eigenvalue weighted by Gasteiger charge is 2.35. The van der Waals surface area contributed by atoms with Crippen molar-refractivity contribution in [2.45, 2.75) is 37.9 Å². The van der Waals surface area contributed by atoms with Gasteiger partial charge in [0.15, 0.2) is 0 Å². The standard InChI is InChI=1S/C35H32N4O6/c40-32(37-38-33(41)31-18-24-7-1-2-8-25(24)20-39(31)35(43)44)17-22-13-15-23(16-14-22)19-36-34(42)45-21-30-28-11-5-3-9-26(28)27-10-4-6-12-29(27)30/h1-16,30-31H,17-21H2,(H,36,42)(H,37,40)(H,38,41)(H,43,44)/t31-/m1/s1. The summed E-state index contributed by atoms with van der Waals surface area (Å²) in [6.07, 6.45) is -1.50. The van der Waals surface area contributed by atoms with E-state index in [1.165, 1.54) is 11.1 Å². The fraction of sp³-hybridized carbons (Fsp3) is 0.200. The van der Waals surface area contributed by atoms with Crippen LogP contribution in [0.4, 0.5) is 9.59 Å². The minimum absolute atomic E-state index is 0.00346. The van der Waals surface area contributed by atoms with Gasteiger partial charge >= 0.3 is 12.2 Å². The van der Waals surface area contributed by atoms with Crippen LogP contribution in [0.5, 0.6) is 0 Å². The van der Waals surface area contributed by atoms with E-state index in [2.05, 4.69) is 40.4 Å². The molecule has 10 heteroatoms. The Morgan fingerprint density at radius 3 is 2.02 bits per heavy atom. The Hall–Kier alpha value is -5.64. The Kier molecular flexibility index (Phi) is 8.45. The highest BCUT2D eigenvalue weighted by atomic mass is 16.5. The van der Waals surface area contributed by atoms with Crippen molar-refractivity contribution in [1.82, 2.24) is 21.1 Å². The minimum atomic E-state index is -1.20. The van der Waals surface area contributed by atoms with Crippen LogP contribution in [0, 0.1) is 0 Å². The maximum absolute atomic E-state index is 12.8. The molecule has 1 heterocycles. The average Bonchev–Trinajstić information content (AvgIpc) is 3.38. The van der Waals surface area contributed by atoms with Gasteiger partial charge in [0.05, 0.1) is 13.0 Å². The average molecular weight is 605 g/mol. The predicted octanol–water partition coefficient (Wildman–Crippen LogP) is 4.52. The first-order chi connectivity index (χ1) is 21.9. The summed E-state index contributed by atoms with van der Waals surface area (Å²) in [4.78, 5) is 50.7. The van der Waals surface area contributed by atoms with Crippen molar-refractivity contribution >= 4 is 24.0 Å². The van der Waals surface area contributed by atoms with Crippen molar-refractivity contribution in [2.24, 2.45) is 0 Å². The van der Waals surface area contributed by atoms with Gasteiger partial charge in [0.2, 0.25) is 5.91 Å². The first-order valence-electron chi connectivity index (χ1n) is 14.7. The molecule has 0 radical (unpaired) electrons. The molecule has 0 unspecified atom stereocenters. The molecular formula is C35H32N4O6. The minimum Gasteiger partial charge on any atom is -0.465 e. The molecule has 4 aromatic carbocycles. The molecule has 6 rings (SSSR count). The van der Waals surface area contributed by atoms with Gasteiger partial charge in [-0.3, -0.25) is 25.3 Å². The molecule has 4 aromatic rings. The van der Waals surface area contributed by atoms with Crippen LogP contribution in [0.1, 0.15) is 39.3 Å². The van der Waals surface area contributed by atoms with Gasteiger partial charge < -0.3 is 15.2 Å². The summed E-state index contributed by atoms with van der Waals surface area (Å²) in [5.74, 6) is -1.07. The van der Waals surface area contributed by atoms with Gasteiger partial charge in [0, 0.05) is 18.9 Å². The summed E-state index contributed by atoms with van der Waals surface area (Å²) in [6.45, 7) is 0.580. The number of carbonyl (C=O) groups excluding carboxylic acids is 3. The third-order valence-corrected chi connectivity index (χ3v) is 8.29. The molecule has 0 saturated carbocycles. The fourth-order valence-electron chi connectivity index (χ4n) is 6.00. The van der Waals surface area contributed by atoms with Crippen molar-refractivity contribution in [3.05, 3.63) is 130 Å². The van der Waals surface area contributed by atoms with Crippen molar-refractivity contribution in [2.75, 3.05) is 6.61 Å². The van der Waals surface area contributed by atoms with Crippen molar-refractivity contribution in [3.63, 3.8) is 0 Å². The summed E-state index contributed by atoms with van der Waals surface area (Å²) in [7, 11) is 0. The van der Waals surface area contributed by atoms with E-state index in [-0.39, 0.29) is 38.5 Å². The van der Waals surface area contributed by atoms with Gasteiger partial charge in [-0.15, -0.1) is 0 Å². The number of amides is 4. The number of hydrogen-bond donors (Lipinski definition) is 4. The second kappa shape index (κ2) is 12.9. The molecule has 10 nitrogen and oxygen atoms in total. The number of benzene rings is 4. The number of ether oxygens (including phenoxy) is 1. The molecule has 1 aliphatic heterocycles. The van der Waals surface area contributed by atoms with Gasteiger partial charge in [-0.25, -0.2) is 9.59 Å². The lowest BCUT2D eigenvalue weighted by atomic mass is 9.94. The zero-order chi connectivity index (χ0) is 31.3. The van der Waals surface area contributed by atoms with E-state index >= 15 is 0 Å². The second-order valence-electron chi connectivity index (χ2n) is 11.1. The molecule has 0 bridgehead atoms. The quantitative estimate of drug-likeness (QED) is 0.229. The predicted molar refractivity (Wildman–Crippen MR) is 166 cm³/mol. The van der Waals surface area contributed by atoms with Gasteiger partial charge in [-0.1, -0.05) is 97.1 Å². The molecule has 1 aliphatic carbocycles. The van der Waals surface area contributed by atoms with Crippen LogP contribution in [0.3, 0.4) is 0 Å². The third-order valence-electron chi connectivity index (χ3n) is 8.29. The highest BCUT2D eigenvalue weighted by Crippen LogP contribution is 2.44. The van der Waals surface area contributed by atoms with Crippen LogP contribution in [0.2, 0.25) is 0 Å². The number of fused-ring (bicyclic) bond motifs is 4. The largest absolute Gasteiger partial charge is 0.465 e. The molecule has 2 aliphatic rings. The monoisotopic (exact) mass is 604 g/mol. The van der Waals surface area contributed by atoms with Crippen LogP contribution in [-0.4, -0.2) is 46.7 Å². The van der Waals surface area contributed by atoms with Gasteiger partial charge in [-0.05, 0) is 44.5 Å². The number of carboxylic acid groups (broad SMARTS) is 1. The number of nitrogens with one attached hydrogen (secondary N) is 3. The van der Waals surface area contributed by atoms with Gasteiger partial charge in [-0.2, -0.15) is 0 Å². The first-order valence-corrected chi connectivity index (χ1v) is 14.7. The molecule has 4 N–H and O–H groups in total. The fourth-order valence-corrected chi connectivity index (χ4v) is 6.00. The van der Waals surface area contributed by atoms with E-state index in [9.17, 15) is 24.3 Å². The molecule has 0 spiro atoms. The van der Waals surface area contributed by atoms with Gasteiger partial charge in [0.25, 0.3) is 5.91 Å². The normalized spacial score (nSPS) is 14.8. The molecular weight excluding hydrogens is 572 g/mol. The Bertz CT molecular complexity index is 1710. The zero-order valence-electron chi connectivity index (χ0n) is 24.4. The lowest BCUT2D eigenvalue weighted by Crippen LogP contribution is -2.56. The summed E-state index contributed by atoms with van der Waals surface area (Å²) in [6, 6.07) is 29.9. The lowest BCUT2D eigenvalue weighted by Gasteiger charge is -2.33. The van der Waals surface area contributed by atoms with E-state index < -0.39 is 30.0 Å².